The van der Waals surface area contributed by atoms with E-state index in [-0.39, 0.29) is 6.61 Å². The van der Waals surface area contributed by atoms with E-state index >= 15 is 0 Å². The molecule has 0 fully saturated rings. The number of nitrogens with zero attached hydrogens (tertiary/aromatic N) is 3. The van der Waals surface area contributed by atoms with Gasteiger partial charge in [0.2, 0.25) is 0 Å². The van der Waals surface area contributed by atoms with E-state index in [1.807, 2.05) is 0 Å². The van der Waals surface area contributed by atoms with Gasteiger partial charge in [0.1, 0.15) is 12.4 Å². The molecule has 0 radical (unpaired) electrons. The maximum atomic E-state index is 12.4. The fraction of sp³-hybridized carbons (Fsp3) is 0.417. The van der Waals surface area contributed by atoms with Crippen LogP contribution in [0.1, 0.15) is 23.7 Å². The Kier molecular flexibility index (Phi) is 3.23. The molecule has 18 heavy (non-hydrogen) atoms. The molecule has 0 bridgehead atoms. The fourth-order valence-electron chi connectivity index (χ4n) is 2.07. The fourth-order valence-corrected chi connectivity index (χ4v) is 2.07. The summed E-state index contributed by atoms with van der Waals surface area (Å²) in [4.78, 5) is 15.1. The summed E-state index contributed by atoms with van der Waals surface area (Å²) in [6.45, 7) is 1.58. The van der Waals surface area contributed by atoms with Crippen LogP contribution in [0.15, 0.2) is 29.4 Å². The molecule has 1 aliphatic heterocycles. The zero-order valence-corrected chi connectivity index (χ0v) is 9.91. The highest BCUT2D eigenvalue weighted by atomic mass is 16.5. The van der Waals surface area contributed by atoms with Crippen LogP contribution in [0.3, 0.4) is 0 Å². The van der Waals surface area contributed by atoms with Crippen molar-refractivity contribution in [2.24, 2.45) is 5.11 Å². The van der Waals surface area contributed by atoms with Crippen LogP contribution in [0.25, 0.3) is 10.4 Å². The number of para-hydroxylation sites is 1. The summed E-state index contributed by atoms with van der Waals surface area (Å²) in [7, 11) is 0. The van der Waals surface area contributed by atoms with Crippen LogP contribution in [-0.4, -0.2) is 29.1 Å². The quantitative estimate of drug-likeness (QED) is 0.503. The Balaban J connectivity index is 2.53. The summed E-state index contributed by atoms with van der Waals surface area (Å²) in [6.07, 6.45) is -0.759. The number of fused-ring (bicyclic) bond motifs is 1. The molecule has 0 spiro atoms. The van der Waals surface area contributed by atoms with Crippen LogP contribution in [0, 0.1) is 0 Å². The second kappa shape index (κ2) is 4.68. The molecule has 0 saturated heterocycles. The van der Waals surface area contributed by atoms with E-state index in [0.717, 1.165) is 0 Å². The van der Waals surface area contributed by atoms with E-state index in [1.165, 1.54) is 0 Å². The minimum Gasteiger partial charge on any atom is -0.492 e. The Morgan fingerprint density at radius 3 is 3.00 bits per heavy atom. The van der Waals surface area contributed by atoms with Gasteiger partial charge in [0.15, 0.2) is 11.3 Å². The van der Waals surface area contributed by atoms with Crippen molar-refractivity contribution in [3.05, 3.63) is 40.3 Å². The highest BCUT2D eigenvalue weighted by molar-refractivity contribution is 6.07. The second-order valence-corrected chi connectivity index (χ2v) is 4.15. The molecule has 1 heterocycles. The summed E-state index contributed by atoms with van der Waals surface area (Å²) >= 11 is 0. The number of ketones is 1. The minimum atomic E-state index is -1.56. The molecule has 0 saturated carbocycles. The first-order valence-corrected chi connectivity index (χ1v) is 5.66. The molecule has 2 unspecified atom stereocenters. The van der Waals surface area contributed by atoms with Gasteiger partial charge in [-0.2, -0.15) is 0 Å². The van der Waals surface area contributed by atoms with E-state index in [0.29, 0.717) is 17.7 Å². The smallest absolute Gasteiger partial charge is 0.184 e. The van der Waals surface area contributed by atoms with E-state index in [9.17, 15) is 9.90 Å². The van der Waals surface area contributed by atoms with Crippen molar-refractivity contribution in [1.82, 2.24) is 0 Å². The van der Waals surface area contributed by atoms with E-state index in [2.05, 4.69) is 10.0 Å². The molecule has 1 N–H and O–H groups in total. The minimum absolute atomic E-state index is 0.137. The number of hydrogen-bond acceptors (Lipinski definition) is 4. The lowest BCUT2D eigenvalue weighted by atomic mass is 9.82. The highest BCUT2D eigenvalue weighted by Crippen LogP contribution is 2.34. The van der Waals surface area contributed by atoms with Gasteiger partial charge in [-0.15, -0.1) is 0 Å². The normalized spacial score (nSPS) is 23.6. The Morgan fingerprint density at radius 2 is 2.33 bits per heavy atom. The average molecular weight is 247 g/mol. The molecule has 1 aromatic carbocycles. The van der Waals surface area contributed by atoms with Gasteiger partial charge in [-0.1, -0.05) is 24.2 Å². The number of Topliss-reactive ketones (excluding diaryl/α,β-unsaturated/α-hetero) is 1. The maximum absolute atomic E-state index is 12.4. The second-order valence-electron chi connectivity index (χ2n) is 4.15. The van der Waals surface area contributed by atoms with Crippen molar-refractivity contribution in [3.8, 4) is 5.75 Å². The molecule has 6 nitrogen and oxygen atoms in total. The van der Waals surface area contributed by atoms with Crippen molar-refractivity contribution in [2.75, 3.05) is 6.61 Å². The lowest BCUT2D eigenvalue weighted by Gasteiger charge is -2.35. The summed E-state index contributed by atoms with van der Waals surface area (Å²) in [5.74, 6) is 0.0612. The number of ether oxygens (including phenoxy) is 1. The Morgan fingerprint density at radius 1 is 1.61 bits per heavy atom. The van der Waals surface area contributed by atoms with Gasteiger partial charge in [0.25, 0.3) is 0 Å². The van der Waals surface area contributed by atoms with Crippen molar-refractivity contribution >= 4 is 5.78 Å². The number of rotatable bonds is 3. The van der Waals surface area contributed by atoms with Crippen LogP contribution < -0.4 is 4.74 Å². The molecule has 1 aliphatic rings. The zero-order valence-electron chi connectivity index (χ0n) is 9.91. The molecule has 0 aliphatic carbocycles. The van der Waals surface area contributed by atoms with Crippen molar-refractivity contribution < 1.29 is 14.6 Å². The molecule has 2 rings (SSSR count). The van der Waals surface area contributed by atoms with Gasteiger partial charge in [0, 0.05) is 4.91 Å². The number of hydrogen-bond donors (Lipinski definition) is 1. The van der Waals surface area contributed by atoms with Gasteiger partial charge in [0.05, 0.1) is 11.7 Å². The molecule has 1 aromatic rings. The van der Waals surface area contributed by atoms with Crippen LogP contribution >= 0.6 is 0 Å². The SMILES string of the molecule is CCC(O)C1(N=[N+]=[N-])COc2ccccc2C1=O. The first kappa shape index (κ1) is 12.4. The Labute approximate surface area is 104 Å². The van der Waals surface area contributed by atoms with E-state index < -0.39 is 17.4 Å². The Bertz CT molecular complexity index is 525. The monoisotopic (exact) mass is 247 g/mol. The number of aliphatic hydroxyl groups is 1. The first-order valence-electron chi connectivity index (χ1n) is 5.66. The lowest BCUT2D eigenvalue weighted by Crippen LogP contribution is -2.54. The van der Waals surface area contributed by atoms with Gasteiger partial charge >= 0.3 is 0 Å². The molecular formula is C12H13N3O3. The van der Waals surface area contributed by atoms with Crippen LogP contribution in [-0.2, 0) is 0 Å². The van der Waals surface area contributed by atoms with E-state index in [1.54, 1.807) is 31.2 Å². The molecule has 2 atom stereocenters. The summed E-state index contributed by atoms with van der Waals surface area (Å²) in [5.41, 5.74) is 7.41. The van der Waals surface area contributed by atoms with Gasteiger partial charge in [-0.25, -0.2) is 0 Å². The van der Waals surface area contributed by atoms with Gasteiger partial charge < -0.3 is 9.84 Å². The standard InChI is InChI=1S/C12H13N3O3/c1-2-10(16)12(14-15-13)7-18-9-6-4-3-5-8(9)11(12)17/h3-6,10,16H,2,7H2,1H3. The van der Waals surface area contributed by atoms with E-state index in [4.69, 9.17) is 10.3 Å². The third-order valence-electron chi connectivity index (χ3n) is 3.13. The summed E-state index contributed by atoms with van der Waals surface area (Å²) < 4.78 is 5.44. The maximum Gasteiger partial charge on any atom is 0.184 e. The predicted octanol–water partition coefficient (Wildman–Crippen LogP) is 2.08. The first-order chi connectivity index (χ1) is 8.65. The third kappa shape index (κ3) is 1.72. The molecule has 94 valence electrons. The van der Waals surface area contributed by atoms with Crippen molar-refractivity contribution in [2.45, 2.75) is 25.0 Å². The molecule has 0 aromatic heterocycles. The Hall–Kier alpha value is -2.04. The summed E-state index contributed by atoms with van der Waals surface area (Å²) in [6, 6.07) is 6.72. The van der Waals surface area contributed by atoms with Gasteiger partial charge in [-0.05, 0) is 24.1 Å². The van der Waals surface area contributed by atoms with Crippen LogP contribution in [0.2, 0.25) is 0 Å². The lowest BCUT2D eigenvalue weighted by molar-refractivity contribution is 0.0332. The number of aliphatic hydroxyl groups excluding tert-OH is 1. The van der Waals surface area contributed by atoms with Crippen molar-refractivity contribution in [1.29, 1.82) is 0 Å². The van der Waals surface area contributed by atoms with Crippen LogP contribution in [0.4, 0.5) is 0 Å². The zero-order chi connectivity index (χ0) is 13.2. The van der Waals surface area contributed by atoms with Crippen molar-refractivity contribution in [3.63, 3.8) is 0 Å². The van der Waals surface area contributed by atoms with Crippen LogP contribution in [0.5, 0.6) is 5.75 Å². The molecular weight excluding hydrogens is 234 g/mol. The largest absolute Gasteiger partial charge is 0.492 e. The molecule has 0 amide bonds. The number of carbonyl (C=O) groups excluding carboxylic acids is 1. The number of azide groups is 1. The number of benzene rings is 1. The highest BCUT2D eigenvalue weighted by Gasteiger charge is 2.48. The topological polar surface area (TPSA) is 95.3 Å². The predicted molar refractivity (Wildman–Crippen MR) is 64.4 cm³/mol. The summed E-state index contributed by atoms with van der Waals surface area (Å²) in [5, 5.41) is 13.5. The van der Waals surface area contributed by atoms with Gasteiger partial charge in [-0.3, -0.25) is 4.79 Å². The number of carbonyl (C=O) groups is 1. The average Bonchev–Trinajstić information content (AvgIpc) is 2.41. The third-order valence-corrected chi connectivity index (χ3v) is 3.13. The molecule has 6 heteroatoms.